The van der Waals surface area contributed by atoms with Gasteiger partial charge in [0.1, 0.15) is 22.3 Å². The first-order valence-electron chi connectivity index (χ1n) is 10.0. The number of imidazole rings is 1. The molecule has 0 N–H and O–H groups in total. The minimum Gasteiger partial charge on any atom is -0.296 e. The number of hydrogen-bond acceptors (Lipinski definition) is 2. The van der Waals surface area contributed by atoms with Gasteiger partial charge in [0.15, 0.2) is 5.65 Å². The highest BCUT2D eigenvalue weighted by Crippen LogP contribution is 3.02. The van der Waals surface area contributed by atoms with Crippen molar-refractivity contribution in [2.45, 2.75) is 30.6 Å². The minimum absolute atomic E-state index is 0.0174. The zero-order valence-electron chi connectivity index (χ0n) is 17.3. The number of nitrogens with zero attached hydrogens (tertiary/aromatic N) is 3. The highest BCUT2D eigenvalue weighted by Gasteiger charge is 2.67. The maximum absolute atomic E-state index is 14.9. The quantitative estimate of drug-likeness (QED) is 0.261. The lowest BCUT2D eigenvalue weighted by atomic mass is 10.0. The topological polar surface area (TPSA) is 30.2 Å². The van der Waals surface area contributed by atoms with Gasteiger partial charge in [0, 0.05) is 17.7 Å². The molecule has 2 aromatic heterocycles. The van der Waals surface area contributed by atoms with Gasteiger partial charge in [-0.1, -0.05) is 19.4 Å². The second kappa shape index (κ2) is 6.49. The predicted molar refractivity (Wildman–Crippen MR) is 112 cm³/mol. The molecule has 1 aliphatic rings. The van der Waals surface area contributed by atoms with Crippen molar-refractivity contribution in [3.05, 3.63) is 71.4 Å². The van der Waals surface area contributed by atoms with E-state index in [2.05, 4.69) is 9.97 Å². The van der Waals surface area contributed by atoms with Crippen molar-refractivity contribution in [2.24, 2.45) is 0 Å². The molecule has 34 heavy (non-hydrogen) atoms. The van der Waals surface area contributed by atoms with Gasteiger partial charge in [0.25, 0.3) is 0 Å². The molecule has 4 aromatic rings. The molecule has 12 heteroatoms. The second-order valence-electron chi connectivity index (χ2n) is 8.34. The number of aromatic nitrogens is 3. The Bertz CT molecular complexity index is 1470. The maximum atomic E-state index is 14.9. The highest BCUT2D eigenvalue weighted by molar-refractivity contribution is 8.45. The average Bonchev–Trinajstić information content (AvgIpc) is 3.47. The van der Waals surface area contributed by atoms with Crippen LogP contribution in [0.25, 0.3) is 28.2 Å². The van der Waals surface area contributed by atoms with E-state index in [0.717, 1.165) is 43.4 Å². The second-order valence-corrected chi connectivity index (χ2v) is 10.7. The van der Waals surface area contributed by atoms with Crippen LogP contribution in [0.4, 0.5) is 32.6 Å². The summed E-state index contributed by atoms with van der Waals surface area (Å²) in [6, 6.07) is 3.39. The van der Waals surface area contributed by atoms with Crippen LogP contribution in [0.3, 0.4) is 0 Å². The summed E-state index contributed by atoms with van der Waals surface area (Å²) in [4.78, 5) is 5.70. The van der Waals surface area contributed by atoms with E-state index in [1.165, 1.54) is 11.3 Å². The molecule has 1 aliphatic carbocycles. The van der Waals surface area contributed by atoms with E-state index in [9.17, 15) is 32.6 Å². The van der Waals surface area contributed by atoms with Crippen molar-refractivity contribution in [1.29, 1.82) is 0 Å². The fourth-order valence-corrected chi connectivity index (χ4v) is 4.68. The zero-order valence-corrected chi connectivity index (χ0v) is 18.1. The standard InChI is InChI=1S/C22H15F8N3S/c1-11-6-15(24)20(16(25)7-11)22-21(12-2-3-12)32-19-9-31-17(10-33(19)22)13-4-5-14(23)18(8-13)34(26,27,28,29)30/h4-10,12H,2-3H2,1H3. The molecular formula is C22H15F8N3S. The van der Waals surface area contributed by atoms with Crippen molar-refractivity contribution in [1.82, 2.24) is 14.4 Å². The van der Waals surface area contributed by atoms with E-state index >= 15 is 0 Å². The van der Waals surface area contributed by atoms with E-state index in [4.69, 9.17) is 0 Å². The average molecular weight is 505 g/mol. The van der Waals surface area contributed by atoms with E-state index in [-0.39, 0.29) is 40.6 Å². The smallest absolute Gasteiger partial charge is 0.296 e. The molecule has 3 nitrogen and oxygen atoms in total. The van der Waals surface area contributed by atoms with Gasteiger partial charge < -0.3 is 0 Å². The number of fused-ring (bicyclic) bond motifs is 1. The van der Waals surface area contributed by atoms with E-state index in [1.807, 2.05) is 0 Å². The van der Waals surface area contributed by atoms with E-state index < -0.39 is 38.1 Å². The molecule has 0 spiro atoms. The van der Waals surface area contributed by atoms with Gasteiger partial charge in [0.05, 0.1) is 28.8 Å². The molecule has 5 rings (SSSR count). The molecule has 2 aromatic carbocycles. The van der Waals surface area contributed by atoms with Gasteiger partial charge in [-0.05, 0) is 55.7 Å². The summed E-state index contributed by atoms with van der Waals surface area (Å²) in [5, 5.41) is 0. The largest absolute Gasteiger partial charge is 0.313 e. The Morgan fingerprint density at radius 2 is 1.56 bits per heavy atom. The summed E-state index contributed by atoms with van der Waals surface area (Å²) in [6.07, 6.45) is 3.76. The Balaban J connectivity index is 1.76. The fraction of sp³-hybridized carbons (Fsp3) is 0.182. The monoisotopic (exact) mass is 505 g/mol. The van der Waals surface area contributed by atoms with Crippen molar-refractivity contribution < 1.29 is 32.6 Å². The first kappa shape index (κ1) is 22.6. The third-order valence-electron chi connectivity index (χ3n) is 5.57. The molecule has 0 aliphatic heterocycles. The fourth-order valence-electron chi connectivity index (χ4n) is 3.90. The molecule has 180 valence electrons. The molecule has 0 unspecified atom stereocenters. The Kier molecular flexibility index (Phi) is 4.32. The Morgan fingerprint density at radius 3 is 2.15 bits per heavy atom. The van der Waals surface area contributed by atoms with Crippen LogP contribution in [0.1, 0.15) is 30.0 Å². The summed E-state index contributed by atoms with van der Waals surface area (Å²) in [5.74, 6) is -3.90. The third-order valence-corrected chi connectivity index (χ3v) is 6.71. The summed E-state index contributed by atoms with van der Waals surface area (Å²) < 4.78 is 111. The first-order chi connectivity index (χ1) is 15.6. The lowest BCUT2D eigenvalue weighted by Crippen LogP contribution is -2.09. The maximum Gasteiger partial charge on any atom is 0.313 e. The van der Waals surface area contributed by atoms with Crippen molar-refractivity contribution in [3.8, 4) is 22.5 Å². The summed E-state index contributed by atoms with van der Waals surface area (Å²) in [5.41, 5.74) is -0.107. The van der Waals surface area contributed by atoms with Crippen molar-refractivity contribution in [2.75, 3.05) is 0 Å². The minimum atomic E-state index is -10.3. The highest BCUT2D eigenvalue weighted by atomic mass is 32.5. The van der Waals surface area contributed by atoms with Crippen molar-refractivity contribution in [3.63, 3.8) is 0 Å². The summed E-state index contributed by atoms with van der Waals surface area (Å²) in [6.45, 7) is 1.51. The van der Waals surface area contributed by atoms with Gasteiger partial charge in [-0.25, -0.2) is 18.2 Å². The third kappa shape index (κ3) is 3.89. The van der Waals surface area contributed by atoms with Crippen LogP contribution in [0.15, 0.2) is 47.6 Å². The first-order valence-corrected chi connectivity index (χ1v) is 12.0. The predicted octanol–water partition coefficient (Wildman–Crippen LogP) is 8.32. The molecule has 0 atom stereocenters. The number of benzene rings is 2. The lowest BCUT2D eigenvalue weighted by molar-refractivity contribution is 0.355. The van der Waals surface area contributed by atoms with Gasteiger partial charge in [-0.15, -0.1) is 0 Å². The van der Waals surface area contributed by atoms with E-state index in [1.54, 1.807) is 0 Å². The molecule has 0 saturated heterocycles. The van der Waals surface area contributed by atoms with Crippen molar-refractivity contribution >= 4 is 15.9 Å². The van der Waals surface area contributed by atoms with Gasteiger partial charge >= 0.3 is 10.2 Å². The molecular weight excluding hydrogens is 490 g/mol. The number of aryl methyl sites for hydroxylation is 1. The zero-order chi connectivity index (χ0) is 24.7. The van der Waals surface area contributed by atoms with Crippen LogP contribution in [0, 0.1) is 24.4 Å². The molecule has 2 heterocycles. The molecule has 0 radical (unpaired) electrons. The van der Waals surface area contributed by atoms with Crippen LogP contribution in [0.2, 0.25) is 0 Å². The van der Waals surface area contributed by atoms with E-state index in [0.29, 0.717) is 11.3 Å². The molecule has 1 fully saturated rings. The Hall–Kier alpha value is -3.15. The molecule has 0 amide bonds. The molecule has 1 saturated carbocycles. The van der Waals surface area contributed by atoms with Gasteiger partial charge in [-0.3, -0.25) is 9.38 Å². The van der Waals surface area contributed by atoms with Crippen LogP contribution in [-0.4, -0.2) is 14.4 Å². The van der Waals surface area contributed by atoms with Gasteiger partial charge in [0.2, 0.25) is 0 Å². The Labute approximate surface area is 187 Å². The number of hydrogen-bond donors (Lipinski definition) is 0. The van der Waals surface area contributed by atoms with Crippen LogP contribution < -0.4 is 0 Å². The van der Waals surface area contributed by atoms with Crippen LogP contribution in [0.5, 0.6) is 0 Å². The van der Waals surface area contributed by atoms with Crippen LogP contribution in [-0.2, 0) is 0 Å². The number of rotatable bonds is 4. The van der Waals surface area contributed by atoms with Gasteiger partial charge in [-0.2, -0.15) is 0 Å². The van der Waals surface area contributed by atoms with Crippen LogP contribution >= 0.6 is 10.2 Å². The summed E-state index contributed by atoms with van der Waals surface area (Å²) in [7, 11) is -10.3. The lowest BCUT2D eigenvalue weighted by Gasteiger charge is -2.40. The Morgan fingerprint density at radius 1 is 0.912 bits per heavy atom. The number of halogens is 8. The summed E-state index contributed by atoms with van der Waals surface area (Å²) >= 11 is 0. The normalized spacial score (nSPS) is 16.5. The molecule has 0 bridgehead atoms. The SMILES string of the molecule is Cc1cc(F)c(-c2c(C3CC3)nc3cnc(-c4ccc(F)c(S(F)(F)(F)(F)F)c4)cn23)c(F)c1.